The maximum Gasteiger partial charge on any atom is 0.191 e. The Kier molecular flexibility index (Phi) is 8.30. The molecular weight excluding hydrogens is 469 g/mol. The van der Waals surface area contributed by atoms with Crippen LogP contribution < -0.4 is 15.5 Å². The normalized spacial score (nSPS) is 11.1. The molecule has 0 atom stereocenters. The lowest BCUT2D eigenvalue weighted by Crippen LogP contribution is -2.37. The molecule has 0 saturated heterocycles. The monoisotopic (exact) mass is 495 g/mol. The molecule has 3 aromatic rings. The molecule has 0 aliphatic carbocycles. The highest BCUT2D eigenvalue weighted by atomic mass is 127. The van der Waals surface area contributed by atoms with E-state index in [1.165, 1.54) is 16.3 Å². The fourth-order valence-electron chi connectivity index (χ4n) is 2.80. The summed E-state index contributed by atoms with van der Waals surface area (Å²) < 4.78 is 0. The third-order valence-corrected chi connectivity index (χ3v) is 5.21. The van der Waals surface area contributed by atoms with Gasteiger partial charge in [-0.3, -0.25) is 4.99 Å². The summed E-state index contributed by atoms with van der Waals surface area (Å²) in [5.41, 5.74) is 2.37. The summed E-state index contributed by atoms with van der Waals surface area (Å²) in [4.78, 5) is 10.9. The van der Waals surface area contributed by atoms with Crippen molar-refractivity contribution in [2.24, 2.45) is 4.99 Å². The zero-order valence-corrected chi connectivity index (χ0v) is 19.0. The topological polar surface area (TPSA) is 52.6 Å². The smallest absolute Gasteiger partial charge is 0.191 e. The van der Waals surface area contributed by atoms with Crippen molar-refractivity contribution in [3.05, 3.63) is 59.1 Å². The van der Waals surface area contributed by atoms with Gasteiger partial charge in [0.1, 0.15) is 0 Å². The fourth-order valence-corrected chi connectivity index (χ4v) is 3.56. The lowest BCUT2D eigenvalue weighted by molar-refractivity contribution is 0.787. The molecule has 0 amide bonds. The first-order chi connectivity index (χ1) is 12.7. The predicted octanol–water partition coefficient (Wildman–Crippen LogP) is 3.89. The molecule has 5 nitrogen and oxygen atoms in total. The SMILES string of the molecule is CN=C(NCCc1cccc2ccccc12)NCc1csc(N(C)C)n1.I. The van der Waals surface area contributed by atoms with Crippen molar-refractivity contribution >= 4 is 57.2 Å². The first-order valence-electron chi connectivity index (χ1n) is 8.70. The van der Waals surface area contributed by atoms with Crippen LogP contribution in [0.4, 0.5) is 5.13 Å². The molecule has 0 bridgehead atoms. The number of guanidine groups is 1. The first kappa shape index (κ1) is 21.4. The van der Waals surface area contributed by atoms with E-state index in [0.29, 0.717) is 6.54 Å². The number of nitrogens with zero attached hydrogens (tertiary/aromatic N) is 3. The summed E-state index contributed by atoms with van der Waals surface area (Å²) in [5.74, 6) is 0.796. The lowest BCUT2D eigenvalue weighted by atomic mass is 10.0. The molecule has 0 unspecified atom stereocenters. The number of aromatic nitrogens is 1. The molecule has 7 heteroatoms. The molecule has 27 heavy (non-hydrogen) atoms. The van der Waals surface area contributed by atoms with Gasteiger partial charge in [-0.1, -0.05) is 42.5 Å². The van der Waals surface area contributed by atoms with Crippen molar-refractivity contribution in [2.45, 2.75) is 13.0 Å². The Hall–Kier alpha value is -1.87. The van der Waals surface area contributed by atoms with Gasteiger partial charge in [0.25, 0.3) is 0 Å². The highest BCUT2D eigenvalue weighted by molar-refractivity contribution is 14.0. The van der Waals surface area contributed by atoms with Crippen molar-refractivity contribution in [1.29, 1.82) is 0 Å². The fraction of sp³-hybridized carbons (Fsp3) is 0.300. The highest BCUT2D eigenvalue weighted by Gasteiger charge is 2.05. The Morgan fingerprint density at radius 3 is 2.63 bits per heavy atom. The maximum absolute atomic E-state index is 4.58. The molecule has 3 rings (SSSR count). The van der Waals surface area contributed by atoms with Crippen LogP contribution in [0.15, 0.2) is 52.8 Å². The molecule has 0 radical (unpaired) electrons. The van der Waals surface area contributed by atoms with E-state index in [9.17, 15) is 0 Å². The number of rotatable bonds is 6. The summed E-state index contributed by atoms with van der Waals surface area (Å²) in [5, 5.41) is 12.4. The largest absolute Gasteiger partial charge is 0.356 e. The summed E-state index contributed by atoms with van der Waals surface area (Å²) >= 11 is 1.65. The van der Waals surface area contributed by atoms with Gasteiger partial charge in [0.15, 0.2) is 11.1 Å². The van der Waals surface area contributed by atoms with Crippen LogP contribution in [-0.4, -0.2) is 38.6 Å². The molecular formula is C20H26IN5S. The average Bonchev–Trinajstić information content (AvgIpc) is 3.14. The molecule has 144 valence electrons. The Labute approximate surface area is 181 Å². The van der Waals surface area contributed by atoms with Crippen LogP contribution in [0, 0.1) is 0 Å². The number of anilines is 1. The van der Waals surface area contributed by atoms with E-state index >= 15 is 0 Å². The highest BCUT2D eigenvalue weighted by Crippen LogP contribution is 2.19. The van der Waals surface area contributed by atoms with Crippen molar-refractivity contribution in [2.75, 3.05) is 32.6 Å². The third-order valence-electron chi connectivity index (χ3n) is 4.15. The van der Waals surface area contributed by atoms with Gasteiger partial charge in [-0.2, -0.15) is 0 Å². The molecule has 2 N–H and O–H groups in total. The van der Waals surface area contributed by atoms with Gasteiger partial charge < -0.3 is 15.5 Å². The van der Waals surface area contributed by atoms with Crippen molar-refractivity contribution in [1.82, 2.24) is 15.6 Å². The second-order valence-electron chi connectivity index (χ2n) is 6.26. The van der Waals surface area contributed by atoms with E-state index in [1.807, 2.05) is 19.0 Å². The van der Waals surface area contributed by atoms with Crippen molar-refractivity contribution in [3.63, 3.8) is 0 Å². The Balaban J connectivity index is 0.00000261. The Bertz CT molecular complexity index is 885. The third kappa shape index (κ3) is 5.80. The van der Waals surface area contributed by atoms with Crippen LogP contribution in [-0.2, 0) is 13.0 Å². The average molecular weight is 495 g/mol. The van der Waals surface area contributed by atoms with Crippen LogP contribution >= 0.6 is 35.3 Å². The predicted molar refractivity (Wildman–Crippen MR) is 128 cm³/mol. The molecule has 0 spiro atoms. The zero-order valence-electron chi connectivity index (χ0n) is 15.9. The van der Waals surface area contributed by atoms with Gasteiger partial charge in [0.05, 0.1) is 12.2 Å². The van der Waals surface area contributed by atoms with E-state index in [0.717, 1.165) is 29.8 Å². The molecule has 0 fully saturated rings. The summed E-state index contributed by atoms with van der Waals surface area (Å²) in [7, 11) is 5.80. The van der Waals surface area contributed by atoms with Crippen LogP contribution in [0.5, 0.6) is 0 Å². The van der Waals surface area contributed by atoms with Crippen LogP contribution in [0.25, 0.3) is 10.8 Å². The zero-order chi connectivity index (χ0) is 18.4. The second kappa shape index (κ2) is 10.5. The van der Waals surface area contributed by atoms with Crippen LogP contribution in [0.1, 0.15) is 11.3 Å². The molecule has 1 aromatic heterocycles. The van der Waals surface area contributed by atoms with E-state index in [1.54, 1.807) is 18.4 Å². The minimum Gasteiger partial charge on any atom is -0.356 e. The van der Waals surface area contributed by atoms with Gasteiger partial charge >= 0.3 is 0 Å². The van der Waals surface area contributed by atoms with Gasteiger partial charge in [-0.15, -0.1) is 35.3 Å². The van der Waals surface area contributed by atoms with Gasteiger partial charge in [-0.25, -0.2) is 4.98 Å². The number of halogens is 1. The molecule has 2 aromatic carbocycles. The number of hydrogen-bond donors (Lipinski definition) is 2. The quantitative estimate of drug-likeness (QED) is 0.310. The molecule has 0 aliphatic rings. The number of hydrogen-bond acceptors (Lipinski definition) is 4. The summed E-state index contributed by atoms with van der Waals surface area (Å²) in [6.07, 6.45) is 0.948. The molecule has 1 heterocycles. The minimum absolute atomic E-state index is 0. The molecule has 0 aliphatic heterocycles. The maximum atomic E-state index is 4.58. The van der Waals surface area contributed by atoms with E-state index in [2.05, 4.69) is 68.5 Å². The first-order valence-corrected chi connectivity index (χ1v) is 9.58. The second-order valence-corrected chi connectivity index (χ2v) is 7.09. The van der Waals surface area contributed by atoms with Crippen molar-refractivity contribution in [3.8, 4) is 0 Å². The number of fused-ring (bicyclic) bond motifs is 1. The number of nitrogens with one attached hydrogen (secondary N) is 2. The van der Waals surface area contributed by atoms with Crippen molar-refractivity contribution < 1.29 is 0 Å². The van der Waals surface area contributed by atoms with E-state index in [4.69, 9.17) is 0 Å². The minimum atomic E-state index is 0. The van der Waals surface area contributed by atoms with Gasteiger partial charge in [0, 0.05) is 33.1 Å². The van der Waals surface area contributed by atoms with E-state index in [-0.39, 0.29) is 24.0 Å². The lowest BCUT2D eigenvalue weighted by Gasteiger charge is -2.12. The Morgan fingerprint density at radius 2 is 1.89 bits per heavy atom. The Morgan fingerprint density at radius 1 is 1.11 bits per heavy atom. The molecule has 0 saturated carbocycles. The number of aliphatic imine (C=N–C) groups is 1. The van der Waals surface area contributed by atoms with Crippen LogP contribution in [0.3, 0.4) is 0 Å². The van der Waals surface area contributed by atoms with Crippen LogP contribution in [0.2, 0.25) is 0 Å². The standard InChI is InChI=1S/C20H25N5S.HI/c1-21-19(23-13-17-14-26-20(24-17)25(2)3)22-12-11-16-9-6-8-15-7-4-5-10-18(15)16;/h4-10,14H,11-13H2,1-3H3,(H2,21,22,23);1H. The van der Waals surface area contributed by atoms with Gasteiger partial charge in [0.2, 0.25) is 0 Å². The van der Waals surface area contributed by atoms with E-state index < -0.39 is 0 Å². The number of benzene rings is 2. The number of thiazole rings is 1. The summed E-state index contributed by atoms with van der Waals surface area (Å²) in [6.45, 7) is 1.49. The summed E-state index contributed by atoms with van der Waals surface area (Å²) in [6, 6.07) is 15.0. The van der Waals surface area contributed by atoms with Gasteiger partial charge in [-0.05, 0) is 22.8 Å².